The fourth-order valence-electron chi connectivity index (χ4n) is 2.36. The van der Waals surface area contributed by atoms with Crippen LogP contribution in [0.1, 0.15) is 22.8 Å². The van der Waals surface area contributed by atoms with Crippen molar-refractivity contribution in [2.45, 2.75) is 13.5 Å². The van der Waals surface area contributed by atoms with E-state index in [1.54, 1.807) is 19.2 Å². The second kappa shape index (κ2) is 8.62. The van der Waals surface area contributed by atoms with E-state index in [9.17, 15) is 4.79 Å². The molecular weight excluding hydrogens is 390 g/mol. The fourth-order valence-corrected chi connectivity index (χ4v) is 3.01. The molecule has 0 unspecified atom stereocenters. The molecule has 0 saturated heterocycles. The maximum atomic E-state index is 11.2. The Bertz CT molecular complexity index is 763. The summed E-state index contributed by atoms with van der Waals surface area (Å²) in [5, 5.41) is 12.3. The number of aromatic carboxylic acids is 1. The van der Waals surface area contributed by atoms with Crippen molar-refractivity contribution in [3.05, 3.63) is 45.9 Å². The van der Waals surface area contributed by atoms with Crippen LogP contribution in [0, 0.1) is 0 Å². The molecule has 134 valence electrons. The van der Waals surface area contributed by atoms with Crippen LogP contribution in [-0.4, -0.2) is 31.9 Å². The Labute approximate surface area is 154 Å². The van der Waals surface area contributed by atoms with E-state index in [4.69, 9.17) is 19.3 Å². The Morgan fingerprint density at radius 1 is 1.16 bits per heavy atom. The number of carbonyl (C=O) groups is 1. The van der Waals surface area contributed by atoms with Crippen LogP contribution in [0.3, 0.4) is 0 Å². The summed E-state index contributed by atoms with van der Waals surface area (Å²) in [7, 11) is 3.13. The lowest BCUT2D eigenvalue weighted by Gasteiger charge is -2.15. The number of rotatable bonds is 8. The average molecular weight is 410 g/mol. The number of benzene rings is 2. The number of hydrogen-bond donors (Lipinski definition) is 2. The van der Waals surface area contributed by atoms with Gasteiger partial charge in [-0.2, -0.15) is 0 Å². The molecule has 0 fully saturated rings. The third kappa shape index (κ3) is 4.57. The van der Waals surface area contributed by atoms with Gasteiger partial charge in [-0.3, -0.25) is 0 Å². The smallest absolute Gasteiger partial charge is 0.335 e. The SMILES string of the molecule is CCOc1cc(CNc2cc(C(=O)O)ccc2OC)cc(Br)c1OC. The van der Waals surface area contributed by atoms with Crippen LogP contribution in [0.5, 0.6) is 17.2 Å². The third-order valence-electron chi connectivity index (χ3n) is 3.50. The van der Waals surface area contributed by atoms with Gasteiger partial charge >= 0.3 is 5.97 Å². The summed E-state index contributed by atoms with van der Waals surface area (Å²) in [6.45, 7) is 2.89. The summed E-state index contributed by atoms with van der Waals surface area (Å²) in [5.74, 6) is 0.859. The lowest BCUT2D eigenvalue weighted by Crippen LogP contribution is -2.05. The van der Waals surface area contributed by atoms with E-state index in [-0.39, 0.29) is 5.56 Å². The minimum Gasteiger partial charge on any atom is -0.495 e. The monoisotopic (exact) mass is 409 g/mol. The molecule has 0 spiro atoms. The standard InChI is InChI=1S/C18H20BrNO5/c1-4-25-16-8-11(7-13(19)17(16)24-3)10-20-14-9-12(18(21)22)5-6-15(14)23-2/h5-9,20H,4,10H2,1-3H3,(H,21,22). The highest BCUT2D eigenvalue weighted by molar-refractivity contribution is 9.10. The molecule has 0 atom stereocenters. The molecule has 0 bridgehead atoms. The Hall–Kier alpha value is -2.41. The molecule has 0 amide bonds. The second-order valence-corrected chi connectivity index (χ2v) is 5.97. The molecule has 0 heterocycles. The molecule has 0 aliphatic carbocycles. The zero-order valence-corrected chi connectivity index (χ0v) is 15.8. The van der Waals surface area contributed by atoms with Crippen LogP contribution >= 0.6 is 15.9 Å². The summed E-state index contributed by atoms with van der Waals surface area (Å²) in [4.78, 5) is 11.2. The highest BCUT2D eigenvalue weighted by atomic mass is 79.9. The third-order valence-corrected chi connectivity index (χ3v) is 4.09. The first kappa shape index (κ1) is 18.9. The van der Waals surface area contributed by atoms with Crippen molar-refractivity contribution >= 4 is 27.6 Å². The molecule has 25 heavy (non-hydrogen) atoms. The van der Waals surface area contributed by atoms with Crippen molar-refractivity contribution in [3.8, 4) is 17.2 Å². The maximum Gasteiger partial charge on any atom is 0.335 e. The number of carboxylic acid groups (broad SMARTS) is 1. The molecule has 0 radical (unpaired) electrons. The zero-order valence-electron chi connectivity index (χ0n) is 14.3. The van der Waals surface area contributed by atoms with Gasteiger partial charge in [-0.05, 0) is 58.7 Å². The molecule has 6 nitrogen and oxygen atoms in total. The van der Waals surface area contributed by atoms with Crippen molar-refractivity contribution in [1.82, 2.24) is 0 Å². The van der Waals surface area contributed by atoms with E-state index in [1.165, 1.54) is 13.2 Å². The maximum absolute atomic E-state index is 11.2. The van der Waals surface area contributed by atoms with Gasteiger partial charge in [-0.1, -0.05) is 0 Å². The molecule has 0 aliphatic rings. The Morgan fingerprint density at radius 2 is 1.92 bits per heavy atom. The van der Waals surface area contributed by atoms with Gasteiger partial charge in [-0.15, -0.1) is 0 Å². The van der Waals surface area contributed by atoms with Crippen LogP contribution in [0.2, 0.25) is 0 Å². The van der Waals surface area contributed by atoms with Gasteiger partial charge in [0.15, 0.2) is 11.5 Å². The Balaban J connectivity index is 2.26. The number of ether oxygens (including phenoxy) is 3. The highest BCUT2D eigenvalue weighted by Gasteiger charge is 2.13. The van der Waals surface area contributed by atoms with Crippen molar-refractivity contribution in [3.63, 3.8) is 0 Å². The van der Waals surface area contributed by atoms with E-state index in [0.717, 1.165) is 10.0 Å². The van der Waals surface area contributed by atoms with Gasteiger partial charge in [0, 0.05) is 6.54 Å². The first-order valence-electron chi connectivity index (χ1n) is 7.64. The molecule has 2 aromatic rings. The van der Waals surface area contributed by atoms with E-state index in [1.807, 2.05) is 19.1 Å². The number of anilines is 1. The van der Waals surface area contributed by atoms with Gasteiger partial charge < -0.3 is 24.6 Å². The van der Waals surface area contributed by atoms with Gasteiger partial charge in [0.1, 0.15) is 5.75 Å². The number of carboxylic acids is 1. The quantitative estimate of drug-likeness (QED) is 0.680. The van der Waals surface area contributed by atoms with Crippen LogP contribution in [0.15, 0.2) is 34.8 Å². The zero-order chi connectivity index (χ0) is 18.4. The highest BCUT2D eigenvalue weighted by Crippen LogP contribution is 2.37. The van der Waals surface area contributed by atoms with Crippen LogP contribution < -0.4 is 19.5 Å². The van der Waals surface area contributed by atoms with Crippen LogP contribution in [-0.2, 0) is 6.54 Å². The van der Waals surface area contributed by atoms with Crippen molar-refractivity contribution in [2.24, 2.45) is 0 Å². The number of halogens is 1. The average Bonchev–Trinajstić information content (AvgIpc) is 2.59. The summed E-state index contributed by atoms with van der Waals surface area (Å²) in [6, 6.07) is 8.48. The number of hydrogen-bond acceptors (Lipinski definition) is 5. The van der Waals surface area contributed by atoms with Gasteiger partial charge in [0.2, 0.25) is 0 Å². The van der Waals surface area contributed by atoms with Crippen molar-refractivity contribution < 1.29 is 24.1 Å². The molecule has 7 heteroatoms. The van der Waals surface area contributed by atoms with E-state index in [0.29, 0.717) is 36.1 Å². The number of nitrogens with one attached hydrogen (secondary N) is 1. The van der Waals surface area contributed by atoms with E-state index in [2.05, 4.69) is 21.2 Å². The number of methoxy groups -OCH3 is 2. The van der Waals surface area contributed by atoms with E-state index >= 15 is 0 Å². The Morgan fingerprint density at radius 3 is 2.52 bits per heavy atom. The minimum atomic E-state index is -0.989. The fraction of sp³-hybridized carbons (Fsp3) is 0.278. The van der Waals surface area contributed by atoms with Crippen molar-refractivity contribution in [2.75, 3.05) is 26.1 Å². The predicted molar refractivity (Wildman–Crippen MR) is 99.1 cm³/mol. The molecule has 0 aromatic heterocycles. The summed E-state index contributed by atoms with van der Waals surface area (Å²) in [6.07, 6.45) is 0. The first-order valence-corrected chi connectivity index (χ1v) is 8.43. The second-order valence-electron chi connectivity index (χ2n) is 5.12. The topological polar surface area (TPSA) is 77.0 Å². The predicted octanol–water partition coefficient (Wildman–Crippen LogP) is 4.18. The first-order chi connectivity index (χ1) is 12.0. The van der Waals surface area contributed by atoms with Gasteiger partial charge in [0.25, 0.3) is 0 Å². The summed E-state index contributed by atoms with van der Waals surface area (Å²) in [5.41, 5.74) is 1.74. The molecule has 0 saturated carbocycles. The largest absolute Gasteiger partial charge is 0.495 e. The van der Waals surface area contributed by atoms with Crippen LogP contribution in [0.4, 0.5) is 5.69 Å². The molecule has 2 rings (SSSR count). The van der Waals surface area contributed by atoms with Crippen molar-refractivity contribution in [1.29, 1.82) is 0 Å². The Kier molecular flexibility index (Phi) is 6.52. The molecule has 2 aromatic carbocycles. The minimum absolute atomic E-state index is 0.189. The molecular formula is C18H20BrNO5. The van der Waals surface area contributed by atoms with E-state index < -0.39 is 5.97 Å². The molecule has 2 N–H and O–H groups in total. The lowest BCUT2D eigenvalue weighted by atomic mass is 10.1. The van der Waals surface area contributed by atoms with Gasteiger partial charge in [0.05, 0.1) is 36.6 Å². The molecule has 0 aliphatic heterocycles. The lowest BCUT2D eigenvalue weighted by molar-refractivity contribution is 0.0697. The summed E-state index contributed by atoms with van der Waals surface area (Å²) >= 11 is 3.48. The normalized spacial score (nSPS) is 10.2. The van der Waals surface area contributed by atoms with Gasteiger partial charge in [-0.25, -0.2) is 4.79 Å². The van der Waals surface area contributed by atoms with Crippen LogP contribution in [0.25, 0.3) is 0 Å². The summed E-state index contributed by atoms with van der Waals surface area (Å²) < 4.78 is 17.0.